The Balaban J connectivity index is 1.88. The van der Waals surface area contributed by atoms with E-state index in [4.69, 9.17) is 10.00 Å². The van der Waals surface area contributed by atoms with Gasteiger partial charge in [0.25, 0.3) is 11.6 Å². The summed E-state index contributed by atoms with van der Waals surface area (Å²) in [7, 11) is -3.67. The summed E-state index contributed by atoms with van der Waals surface area (Å²) in [6, 6.07) is 11.2. The molecule has 0 aromatic heterocycles. The standard InChI is InChI=1S/C19H17N3O7S/c1-13-2-5-16(6-3-13)30(27,28)9-8-19(24)29-12-18(23)21-17-7-4-15(22(25)26)10-14(17)11-20/h2-7,10H,8-9,12H2,1H3,(H,21,23). The number of rotatable bonds is 8. The molecule has 0 aliphatic carbocycles. The van der Waals surface area contributed by atoms with Crippen molar-refractivity contribution in [2.75, 3.05) is 17.7 Å². The van der Waals surface area contributed by atoms with Crippen LogP contribution < -0.4 is 5.32 Å². The van der Waals surface area contributed by atoms with Crippen molar-refractivity contribution in [1.29, 1.82) is 5.26 Å². The average Bonchev–Trinajstić information content (AvgIpc) is 2.71. The number of nitrogens with zero attached hydrogens (tertiary/aromatic N) is 2. The summed E-state index contributed by atoms with van der Waals surface area (Å²) in [5.74, 6) is -2.14. The van der Waals surface area contributed by atoms with Crippen LogP contribution in [0.5, 0.6) is 0 Å². The number of hydrogen-bond donors (Lipinski definition) is 1. The van der Waals surface area contributed by atoms with Crippen LogP contribution in [-0.2, 0) is 24.2 Å². The van der Waals surface area contributed by atoms with Crippen molar-refractivity contribution < 1.29 is 27.7 Å². The fourth-order valence-corrected chi connectivity index (χ4v) is 3.55. The lowest BCUT2D eigenvalue weighted by atomic mass is 10.1. The van der Waals surface area contributed by atoms with Gasteiger partial charge in [-0.1, -0.05) is 17.7 Å². The summed E-state index contributed by atoms with van der Waals surface area (Å²) in [5.41, 5.74) is 0.469. The lowest BCUT2D eigenvalue weighted by Crippen LogP contribution is -2.22. The van der Waals surface area contributed by atoms with Crippen LogP contribution in [0, 0.1) is 28.4 Å². The molecule has 0 radical (unpaired) electrons. The maximum atomic E-state index is 12.2. The highest BCUT2D eigenvalue weighted by Gasteiger charge is 2.18. The first kappa shape index (κ1) is 22.5. The fraction of sp³-hybridized carbons (Fsp3) is 0.211. The van der Waals surface area contributed by atoms with E-state index in [-0.39, 0.29) is 21.8 Å². The van der Waals surface area contributed by atoms with Crippen LogP contribution >= 0.6 is 0 Å². The molecule has 0 atom stereocenters. The van der Waals surface area contributed by atoms with E-state index in [0.717, 1.165) is 17.7 Å². The second-order valence-corrected chi connectivity index (χ2v) is 8.30. The summed E-state index contributed by atoms with van der Waals surface area (Å²) < 4.78 is 29.2. The lowest BCUT2D eigenvalue weighted by molar-refractivity contribution is -0.384. The van der Waals surface area contributed by atoms with Crippen LogP contribution in [0.4, 0.5) is 11.4 Å². The molecule has 10 nitrogen and oxygen atoms in total. The molecule has 2 aromatic rings. The maximum absolute atomic E-state index is 12.2. The number of amides is 1. The number of hydrogen-bond acceptors (Lipinski definition) is 8. The van der Waals surface area contributed by atoms with Crippen molar-refractivity contribution >= 4 is 33.1 Å². The molecule has 0 unspecified atom stereocenters. The van der Waals surface area contributed by atoms with E-state index in [0.29, 0.717) is 0 Å². The van der Waals surface area contributed by atoms with Gasteiger partial charge in [-0.15, -0.1) is 0 Å². The summed E-state index contributed by atoms with van der Waals surface area (Å²) >= 11 is 0. The molecule has 11 heteroatoms. The number of nitrogens with one attached hydrogen (secondary N) is 1. The average molecular weight is 431 g/mol. The van der Waals surface area contributed by atoms with Crippen LogP contribution in [-0.4, -0.2) is 37.6 Å². The molecule has 0 heterocycles. The van der Waals surface area contributed by atoms with Crippen molar-refractivity contribution in [1.82, 2.24) is 0 Å². The quantitative estimate of drug-likeness (QED) is 0.378. The van der Waals surface area contributed by atoms with Gasteiger partial charge in [0.15, 0.2) is 16.4 Å². The minimum Gasteiger partial charge on any atom is -0.456 e. The lowest BCUT2D eigenvalue weighted by Gasteiger charge is -2.08. The second kappa shape index (κ2) is 9.62. The number of esters is 1. The molecule has 0 bridgehead atoms. The number of ether oxygens (including phenoxy) is 1. The number of aryl methyl sites for hydroxylation is 1. The number of nitriles is 1. The van der Waals surface area contributed by atoms with E-state index in [9.17, 15) is 28.1 Å². The van der Waals surface area contributed by atoms with Gasteiger partial charge in [-0.25, -0.2) is 8.42 Å². The third-order valence-corrected chi connectivity index (χ3v) is 5.66. The SMILES string of the molecule is Cc1ccc(S(=O)(=O)CCC(=O)OCC(=O)Nc2ccc([N+](=O)[O-])cc2C#N)cc1. The zero-order valence-corrected chi connectivity index (χ0v) is 16.6. The van der Waals surface area contributed by atoms with Gasteiger partial charge in [-0.3, -0.25) is 19.7 Å². The molecule has 156 valence electrons. The molecule has 0 spiro atoms. The Morgan fingerprint density at radius 3 is 2.47 bits per heavy atom. The van der Waals surface area contributed by atoms with Crippen molar-refractivity contribution in [3.63, 3.8) is 0 Å². The van der Waals surface area contributed by atoms with Gasteiger partial charge in [0.1, 0.15) is 6.07 Å². The molecule has 0 fully saturated rings. The highest BCUT2D eigenvalue weighted by Crippen LogP contribution is 2.21. The first-order valence-corrected chi connectivity index (χ1v) is 10.2. The minimum atomic E-state index is -3.67. The molecule has 0 saturated heterocycles. The van der Waals surface area contributed by atoms with Crippen molar-refractivity contribution in [2.45, 2.75) is 18.2 Å². The largest absolute Gasteiger partial charge is 0.456 e. The van der Waals surface area contributed by atoms with Gasteiger partial charge >= 0.3 is 5.97 Å². The Morgan fingerprint density at radius 2 is 1.87 bits per heavy atom. The maximum Gasteiger partial charge on any atom is 0.307 e. The molecule has 1 N–H and O–H groups in total. The molecule has 30 heavy (non-hydrogen) atoms. The molecule has 2 aromatic carbocycles. The van der Waals surface area contributed by atoms with Gasteiger partial charge in [-0.05, 0) is 25.1 Å². The van der Waals surface area contributed by atoms with E-state index in [2.05, 4.69) is 5.32 Å². The number of sulfone groups is 1. The van der Waals surface area contributed by atoms with Crippen LogP contribution in [0.1, 0.15) is 17.5 Å². The van der Waals surface area contributed by atoms with Gasteiger partial charge in [0.05, 0.1) is 33.2 Å². The fourth-order valence-electron chi connectivity index (χ4n) is 2.33. The normalized spacial score (nSPS) is 10.7. The van der Waals surface area contributed by atoms with Crippen molar-refractivity contribution in [2.24, 2.45) is 0 Å². The summed E-state index contributed by atoms with van der Waals surface area (Å²) in [4.78, 5) is 33.8. The minimum absolute atomic E-state index is 0.0195. The number of benzene rings is 2. The van der Waals surface area contributed by atoms with E-state index >= 15 is 0 Å². The number of carbonyl (C=O) groups is 2. The molecular weight excluding hydrogens is 414 g/mol. The predicted molar refractivity (Wildman–Crippen MR) is 105 cm³/mol. The van der Waals surface area contributed by atoms with Crippen LogP contribution in [0.15, 0.2) is 47.4 Å². The smallest absolute Gasteiger partial charge is 0.307 e. The summed E-state index contributed by atoms with van der Waals surface area (Å²) in [6.45, 7) is 1.11. The van der Waals surface area contributed by atoms with Crippen molar-refractivity contribution in [3.8, 4) is 6.07 Å². The monoisotopic (exact) mass is 431 g/mol. The zero-order valence-electron chi connectivity index (χ0n) is 15.8. The second-order valence-electron chi connectivity index (χ2n) is 6.19. The van der Waals surface area contributed by atoms with Crippen LogP contribution in [0.25, 0.3) is 0 Å². The Hall–Kier alpha value is -3.78. The van der Waals surface area contributed by atoms with Gasteiger partial charge in [-0.2, -0.15) is 5.26 Å². The van der Waals surface area contributed by atoms with E-state index in [1.54, 1.807) is 18.2 Å². The van der Waals surface area contributed by atoms with E-state index in [1.165, 1.54) is 18.2 Å². The molecule has 0 aliphatic heterocycles. The summed E-state index contributed by atoms with van der Waals surface area (Å²) in [6.07, 6.45) is -0.440. The number of non-ortho nitro benzene ring substituents is 1. The van der Waals surface area contributed by atoms with Crippen molar-refractivity contribution in [3.05, 3.63) is 63.7 Å². The third kappa shape index (κ3) is 6.11. The van der Waals surface area contributed by atoms with E-state index in [1.807, 2.05) is 6.92 Å². The first-order valence-electron chi connectivity index (χ1n) is 8.56. The Kier molecular flexibility index (Phi) is 7.22. The Bertz CT molecular complexity index is 1120. The number of nitro groups is 1. The highest BCUT2D eigenvalue weighted by molar-refractivity contribution is 7.91. The number of carbonyl (C=O) groups excluding carboxylic acids is 2. The van der Waals surface area contributed by atoms with Gasteiger partial charge in [0, 0.05) is 12.1 Å². The molecular formula is C19H17N3O7S. The topological polar surface area (TPSA) is 156 Å². The van der Waals surface area contributed by atoms with E-state index < -0.39 is 45.4 Å². The Labute approximate surface area is 172 Å². The molecule has 0 saturated carbocycles. The van der Waals surface area contributed by atoms with Gasteiger partial charge in [0.2, 0.25) is 0 Å². The molecule has 1 amide bonds. The number of anilines is 1. The Morgan fingerprint density at radius 1 is 1.20 bits per heavy atom. The third-order valence-electron chi connectivity index (χ3n) is 3.93. The van der Waals surface area contributed by atoms with Gasteiger partial charge < -0.3 is 10.1 Å². The highest BCUT2D eigenvalue weighted by atomic mass is 32.2. The predicted octanol–water partition coefficient (Wildman–Crippen LogP) is 2.12. The number of nitro benzene ring substituents is 1. The van der Waals surface area contributed by atoms with Crippen LogP contribution in [0.2, 0.25) is 0 Å². The molecule has 0 aliphatic rings. The summed E-state index contributed by atoms with van der Waals surface area (Å²) in [5, 5.41) is 22.1. The van der Waals surface area contributed by atoms with Crippen LogP contribution in [0.3, 0.4) is 0 Å². The first-order chi connectivity index (χ1) is 14.1. The molecule has 2 rings (SSSR count). The zero-order chi connectivity index (χ0) is 22.3.